The lowest BCUT2D eigenvalue weighted by molar-refractivity contribution is -0.137. The van der Waals surface area contributed by atoms with E-state index < -0.39 is 17.7 Å². The van der Waals surface area contributed by atoms with Crippen molar-refractivity contribution in [3.8, 4) is 11.3 Å². The molecule has 0 atom stereocenters. The van der Waals surface area contributed by atoms with Crippen molar-refractivity contribution in [1.82, 2.24) is 20.3 Å². The highest BCUT2D eigenvalue weighted by Gasteiger charge is 2.31. The van der Waals surface area contributed by atoms with Crippen LogP contribution in [0, 0.1) is 11.7 Å². The Balaban J connectivity index is 0.000000173. The quantitative estimate of drug-likeness (QED) is 0.189. The third-order valence-corrected chi connectivity index (χ3v) is 6.16. The van der Waals surface area contributed by atoms with Gasteiger partial charge in [-0.15, -0.1) is 0 Å². The lowest BCUT2D eigenvalue weighted by Gasteiger charge is -2.09. The smallest absolute Gasteiger partial charge is 0.416 e. The van der Waals surface area contributed by atoms with Crippen molar-refractivity contribution in [2.75, 3.05) is 13.1 Å². The van der Waals surface area contributed by atoms with E-state index in [9.17, 15) is 22.4 Å². The molecule has 1 saturated carbocycles. The molecule has 1 fully saturated rings. The van der Waals surface area contributed by atoms with Gasteiger partial charge in [0.2, 0.25) is 0 Å². The normalized spacial score (nSPS) is 13.3. The summed E-state index contributed by atoms with van der Waals surface area (Å²) in [6.07, 6.45) is 3.52. The molecule has 0 aliphatic heterocycles. The lowest BCUT2D eigenvalue weighted by atomic mass is 10.1. The van der Waals surface area contributed by atoms with Crippen molar-refractivity contribution in [3.63, 3.8) is 0 Å². The molecular formula is C26H23ClF4N4O2. The molecule has 0 amide bonds. The fraction of sp³-hybridized carbons (Fsp3) is 0.269. The zero-order chi connectivity index (χ0) is 26.6. The number of alkyl halides is 3. The molecule has 0 radical (unpaired) electrons. The maximum Gasteiger partial charge on any atom is 0.416 e. The van der Waals surface area contributed by atoms with E-state index in [1.54, 1.807) is 6.07 Å². The Morgan fingerprint density at radius 3 is 2.62 bits per heavy atom. The Kier molecular flexibility index (Phi) is 8.09. The number of carboxylic acid groups (broad SMARTS) is 1. The third-order valence-electron chi connectivity index (χ3n) is 5.87. The molecule has 2 aromatic heterocycles. The van der Waals surface area contributed by atoms with Gasteiger partial charge in [0, 0.05) is 35.1 Å². The highest BCUT2D eigenvalue weighted by atomic mass is 35.5. The number of nitrogens with zero attached hydrogens (tertiary/aromatic N) is 2. The minimum Gasteiger partial charge on any atom is -0.476 e. The van der Waals surface area contributed by atoms with E-state index in [1.165, 1.54) is 49.0 Å². The summed E-state index contributed by atoms with van der Waals surface area (Å²) in [5, 5.41) is 13.6. The second-order valence-electron chi connectivity index (χ2n) is 8.66. The number of nitrogens with one attached hydrogen (secondary N) is 2. The van der Waals surface area contributed by atoms with Crippen LogP contribution in [0.5, 0.6) is 0 Å². The van der Waals surface area contributed by atoms with Gasteiger partial charge in [-0.25, -0.2) is 14.2 Å². The van der Waals surface area contributed by atoms with Crippen LogP contribution in [0.1, 0.15) is 34.5 Å². The van der Waals surface area contributed by atoms with Crippen LogP contribution in [0.15, 0.2) is 55.0 Å². The van der Waals surface area contributed by atoms with Gasteiger partial charge in [-0.05, 0) is 68.1 Å². The van der Waals surface area contributed by atoms with Crippen molar-refractivity contribution in [2.45, 2.75) is 25.4 Å². The number of aromatic nitrogens is 3. The SMILES string of the molecule is Fc1cc2[nH]cc(CCNCC3CC3)c2cc1Cl.O=C(O)c1nccnc1-c1cccc(C(F)(F)F)c1. The Morgan fingerprint density at radius 2 is 1.92 bits per heavy atom. The summed E-state index contributed by atoms with van der Waals surface area (Å²) in [5.74, 6) is -0.818. The summed E-state index contributed by atoms with van der Waals surface area (Å²) in [6.45, 7) is 2.08. The largest absolute Gasteiger partial charge is 0.476 e. The highest BCUT2D eigenvalue weighted by Crippen LogP contribution is 2.32. The second kappa shape index (κ2) is 11.3. The number of rotatable bonds is 7. The lowest BCUT2D eigenvalue weighted by Crippen LogP contribution is -2.19. The van der Waals surface area contributed by atoms with Crippen LogP contribution in [0.2, 0.25) is 5.02 Å². The summed E-state index contributed by atoms with van der Waals surface area (Å²) in [7, 11) is 0. The third kappa shape index (κ3) is 6.84. The number of carbonyl (C=O) groups is 1. The first-order valence-corrected chi connectivity index (χ1v) is 11.9. The molecular weight excluding hydrogens is 512 g/mol. The van der Waals surface area contributed by atoms with Gasteiger partial charge in [0.1, 0.15) is 11.5 Å². The highest BCUT2D eigenvalue weighted by molar-refractivity contribution is 6.31. The first-order chi connectivity index (χ1) is 17.6. The van der Waals surface area contributed by atoms with E-state index >= 15 is 0 Å². The van der Waals surface area contributed by atoms with Crippen molar-refractivity contribution in [2.24, 2.45) is 5.92 Å². The fourth-order valence-corrected chi connectivity index (χ4v) is 3.94. The molecule has 0 unspecified atom stereocenters. The van der Waals surface area contributed by atoms with Crippen molar-refractivity contribution < 1.29 is 27.5 Å². The number of hydrogen-bond acceptors (Lipinski definition) is 4. The summed E-state index contributed by atoms with van der Waals surface area (Å²) < 4.78 is 51.1. The van der Waals surface area contributed by atoms with Crippen LogP contribution in [-0.2, 0) is 12.6 Å². The molecule has 6 nitrogen and oxygen atoms in total. The van der Waals surface area contributed by atoms with Gasteiger partial charge in [0.25, 0.3) is 0 Å². The minimum atomic E-state index is -4.50. The van der Waals surface area contributed by atoms with Gasteiger partial charge in [-0.3, -0.25) is 4.98 Å². The maximum absolute atomic E-state index is 13.3. The number of carboxylic acids is 1. The average Bonchev–Trinajstić information content (AvgIpc) is 3.63. The summed E-state index contributed by atoms with van der Waals surface area (Å²) in [4.78, 5) is 21.4. The molecule has 1 aliphatic carbocycles. The predicted molar refractivity (Wildman–Crippen MR) is 132 cm³/mol. The van der Waals surface area contributed by atoms with Crippen LogP contribution in [0.4, 0.5) is 17.6 Å². The average molecular weight is 535 g/mol. The molecule has 3 N–H and O–H groups in total. The van der Waals surface area contributed by atoms with Crippen LogP contribution in [-0.4, -0.2) is 39.1 Å². The van der Waals surface area contributed by atoms with Crippen LogP contribution >= 0.6 is 11.6 Å². The van der Waals surface area contributed by atoms with E-state index in [0.29, 0.717) is 0 Å². The van der Waals surface area contributed by atoms with Gasteiger partial charge in [0.15, 0.2) is 5.69 Å². The van der Waals surface area contributed by atoms with Crippen LogP contribution < -0.4 is 5.32 Å². The van der Waals surface area contributed by atoms with Crippen molar-refractivity contribution in [1.29, 1.82) is 0 Å². The van der Waals surface area contributed by atoms with E-state index in [-0.39, 0.29) is 27.8 Å². The minimum absolute atomic E-state index is 0.0559. The van der Waals surface area contributed by atoms with E-state index in [4.69, 9.17) is 16.7 Å². The van der Waals surface area contributed by atoms with E-state index in [2.05, 4.69) is 20.3 Å². The summed E-state index contributed by atoms with van der Waals surface area (Å²) >= 11 is 5.82. The Hall–Kier alpha value is -3.50. The predicted octanol–water partition coefficient (Wildman–Crippen LogP) is 6.36. The van der Waals surface area contributed by atoms with Crippen molar-refractivity contribution >= 4 is 28.5 Å². The van der Waals surface area contributed by atoms with E-state index in [0.717, 1.165) is 48.5 Å². The zero-order valence-electron chi connectivity index (χ0n) is 19.4. The van der Waals surface area contributed by atoms with Gasteiger partial charge in [-0.2, -0.15) is 13.2 Å². The molecule has 194 valence electrons. The van der Waals surface area contributed by atoms with Crippen LogP contribution in [0.3, 0.4) is 0 Å². The second-order valence-corrected chi connectivity index (χ2v) is 9.07. The van der Waals surface area contributed by atoms with Gasteiger partial charge >= 0.3 is 12.1 Å². The van der Waals surface area contributed by atoms with Gasteiger partial charge in [-0.1, -0.05) is 23.7 Å². The number of aromatic amines is 1. The standard InChI is InChI=1S/C14H16ClFN2.C12H7F3N2O2/c15-12-5-11-10(3-4-17-7-9-1-2-9)8-18-14(11)6-13(12)16;13-12(14,15)8-3-1-2-7(6-8)9-10(11(18)19)17-5-4-16-9/h5-6,8-9,17-18H,1-4,7H2;1-6H,(H,18,19). The first kappa shape index (κ1) is 26.6. The van der Waals surface area contributed by atoms with Crippen LogP contribution in [0.25, 0.3) is 22.2 Å². The fourth-order valence-electron chi connectivity index (χ4n) is 3.78. The molecule has 2 heterocycles. The maximum atomic E-state index is 13.3. The molecule has 1 aliphatic rings. The molecule has 11 heteroatoms. The van der Waals surface area contributed by atoms with E-state index in [1.807, 2.05) is 6.20 Å². The number of halogens is 5. The number of hydrogen-bond donors (Lipinski definition) is 3. The summed E-state index contributed by atoms with van der Waals surface area (Å²) in [6, 6.07) is 7.46. The van der Waals surface area contributed by atoms with Gasteiger partial charge in [0.05, 0.1) is 10.6 Å². The summed E-state index contributed by atoms with van der Waals surface area (Å²) in [5.41, 5.74) is 0.708. The molecule has 0 spiro atoms. The monoisotopic (exact) mass is 534 g/mol. The molecule has 5 rings (SSSR count). The molecule has 0 saturated heterocycles. The first-order valence-electron chi connectivity index (χ1n) is 11.5. The Morgan fingerprint density at radius 1 is 1.16 bits per heavy atom. The Labute approximate surface area is 214 Å². The molecule has 0 bridgehead atoms. The topological polar surface area (TPSA) is 90.9 Å². The number of fused-ring (bicyclic) bond motifs is 1. The van der Waals surface area contributed by atoms with Crippen molar-refractivity contribution in [3.05, 3.63) is 82.6 Å². The zero-order valence-corrected chi connectivity index (χ0v) is 20.2. The molecule has 4 aromatic rings. The number of benzene rings is 2. The molecule has 2 aromatic carbocycles. The number of aromatic carboxylic acids is 1. The number of H-pyrrole nitrogens is 1. The molecule has 37 heavy (non-hydrogen) atoms. The van der Waals surface area contributed by atoms with Gasteiger partial charge < -0.3 is 15.4 Å². The Bertz CT molecular complexity index is 1400.